The number of hydrogen-bond acceptors (Lipinski definition) is 5. The van der Waals surface area contributed by atoms with Gasteiger partial charge in [-0.3, -0.25) is 4.79 Å². The minimum absolute atomic E-state index is 0.0848. The van der Waals surface area contributed by atoms with Crippen molar-refractivity contribution >= 4 is 21.4 Å². The number of carbonyl (C=O) groups is 1. The number of nitrogens with zero attached hydrogens (tertiary/aromatic N) is 1. The Bertz CT molecular complexity index is 906. The third kappa shape index (κ3) is 3.83. The standard InChI is InChI=1S/C19H21NO5S/c1-3-20(15-6-9-17-18(12-15)25-13-24-17)19(21)10-11-26(22,23)16-7-4-14(2)5-8-16/h4-9,12H,3,10-11,13H2,1-2H3. The van der Waals surface area contributed by atoms with Gasteiger partial charge >= 0.3 is 0 Å². The van der Waals surface area contributed by atoms with Crippen LogP contribution >= 0.6 is 0 Å². The molecule has 6 nitrogen and oxygen atoms in total. The molecule has 0 aliphatic carbocycles. The molecule has 0 fully saturated rings. The highest BCUT2D eigenvalue weighted by Crippen LogP contribution is 2.35. The summed E-state index contributed by atoms with van der Waals surface area (Å²) in [6.07, 6.45) is -0.0848. The summed E-state index contributed by atoms with van der Waals surface area (Å²) in [6.45, 7) is 4.33. The van der Waals surface area contributed by atoms with Crippen LogP contribution in [-0.4, -0.2) is 33.4 Å². The Kier molecular flexibility index (Phi) is 5.18. The van der Waals surface area contributed by atoms with Crippen LogP contribution in [0.1, 0.15) is 18.9 Å². The molecule has 0 saturated heterocycles. The number of carbonyl (C=O) groups excluding carboxylic acids is 1. The van der Waals surface area contributed by atoms with Crippen LogP contribution in [0.4, 0.5) is 5.69 Å². The molecule has 2 aromatic carbocycles. The maximum atomic E-state index is 12.6. The number of hydrogen-bond donors (Lipinski definition) is 0. The van der Waals surface area contributed by atoms with Crippen LogP contribution in [0.5, 0.6) is 11.5 Å². The van der Waals surface area contributed by atoms with Gasteiger partial charge in [0.05, 0.1) is 10.6 Å². The molecule has 0 bridgehead atoms. The molecule has 0 atom stereocenters. The lowest BCUT2D eigenvalue weighted by Crippen LogP contribution is -2.32. The lowest BCUT2D eigenvalue weighted by atomic mass is 10.2. The fourth-order valence-corrected chi connectivity index (χ4v) is 4.01. The first-order valence-corrected chi connectivity index (χ1v) is 10.1. The predicted molar refractivity (Wildman–Crippen MR) is 98.4 cm³/mol. The zero-order chi connectivity index (χ0) is 18.7. The van der Waals surface area contributed by atoms with Crippen molar-refractivity contribution in [2.45, 2.75) is 25.2 Å². The smallest absolute Gasteiger partial charge is 0.231 e. The predicted octanol–water partition coefficient (Wildman–Crippen LogP) is 2.94. The van der Waals surface area contributed by atoms with Crippen molar-refractivity contribution < 1.29 is 22.7 Å². The van der Waals surface area contributed by atoms with Crippen LogP contribution in [-0.2, 0) is 14.6 Å². The average Bonchev–Trinajstić information content (AvgIpc) is 3.09. The number of benzene rings is 2. The molecule has 7 heteroatoms. The maximum Gasteiger partial charge on any atom is 0.231 e. The van der Waals surface area contributed by atoms with Crippen molar-refractivity contribution in [2.75, 3.05) is 24.0 Å². The van der Waals surface area contributed by atoms with E-state index >= 15 is 0 Å². The van der Waals surface area contributed by atoms with E-state index in [0.717, 1.165) is 5.56 Å². The number of rotatable bonds is 6. The van der Waals surface area contributed by atoms with E-state index in [4.69, 9.17) is 9.47 Å². The average molecular weight is 375 g/mol. The van der Waals surface area contributed by atoms with E-state index in [0.29, 0.717) is 23.7 Å². The van der Waals surface area contributed by atoms with E-state index in [-0.39, 0.29) is 29.8 Å². The van der Waals surface area contributed by atoms with Crippen LogP contribution in [0.2, 0.25) is 0 Å². The molecule has 1 aliphatic rings. The second kappa shape index (κ2) is 7.37. The third-order valence-electron chi connectivity index (χ3n) is 4.25. The van der Waals surface area contributed by atoms with E-state index < -0.39 is 9.84 Å². The van der Waals surface area contributed by atoms with E-state index in [2.05, 4.69) is 0 Å². The summed E-state index contributed by atoms with van der Waals surface area (Å²) >= 11 is 0. The molecule has 0 spiro atoms. The molecule has 1 amide bonds. The highest BCUT2D eigenvalue weighted by molar-refractivity contribution is 7.91. The first-order valence-electron chi connectivity index (χ1n) is 8.40. The summed E-state index contributed by atoms with van der Waals surface area (Å²) in [5.41, 5.74) is 1.65. The molecule has 2 aromatic rings. The van der Waals surface area contributed by atoms with Crippen LogP contribution in [0, 0.1) is 6.92 Å². The van der Waals surface area contributed by atoms with Crippen molar-refractivity contribution in [3.8, 4) is 11.5 Å². The highest BCUT2D eigenvalue weighted by Gasteiger charge is 2.22. The fourth-order valence-electron chi connectivity index (χ4n) is 2.78. The largest absolute Gasteiger partial charge is 0.454 e. The molecule has 3 rings (SSSR count). The van der Waals surface area contributed by atoms with Gasteiger partial charge in [0.25, 0.3) is 0 Å². The Morgan fingerprint density at radius 2 is 1.77 bits per heavy atom. The molecular weight excluding hydrogens is 354 g/mol. The minimum Gasteiger partial charge on any atom is -0.454 e. The summed E-state index contributed by atoms with van der Waals surface area (Å²) in [5.74, 6) is 0.748. The van der Waals surface area contributed by atoms with Gasteiger partial charge in [0, 0.05) is 24.7 Å². The SMILES string of the molecule is CCN(C(=O)CCS(=O)(=O)c1ccc(C)cc1)c1ccc2c(c1)OCO2. The molecule has 0 unspecified atom stereocenters. The van der Waals surface area contributed by atoms with E-state index in [1.165, 1.54) is 0 Å². The zero-order valence-corrected chi connectivity index (χ0v) is 15.6. The quantitative estimate of drug-likeness (QED) is 0.776. The van der Waals surface area contributed by atoms with Gasteiger partial charge in [-0.1, -0.05) is 17.7 Å². The van der Waals surface area contributed by atoms with Crippen molar-refractivity contribution in [2.24, 2.45) is 0 Å². The van der Waals surface area contributed by atoms with Crippen LogP contribution in [0.15, 0.2) is 47.4 Å². The molecule has 0 aromatic heterocycles. The van der Waals surface area contributed by atoms with Gasteiger partial charge < -0.3 is 14.4 Å². The number of amides is 1. The molecule has 0 saturated carbocycles. The van der Waals surface area contributed by atoms with E-state index in [1.54, 1.807) is 47.4 Å². The normalized spacial score (nSPS) is 12.8. The number of anilines is 1. The van der Waals surface area contributed by atoms with E-state index in [9.17, 15) is 13.2 Å². The van der Waals surface area contributed by atoms with Gasteiger partial charge in [0.15, 0.2) is 21.3 Å². The van der Waals surface area contributed by atoms with Gasteiger partial charge in [0.1, 0.15) is 0 Å². The van der Waals surface area contributed by atoms with E-state index in [1.807, 2.05) is 13.8 Å². The first-order chi connectivity index (χ1) is 12.4. The number of sulfone groups is 1. The highest BCUT2D eigenvalue weighted by atomic mass is 32.2. The van der Waals surface area contributed by atoms with Crippen LogP contribution in [0.25, 0.3) is 0 Å². The Labute approximate surface area is 153 Å². The zero-order valence-electron chi connectivity index (χ0n) is 14.8. The molecule has 1 heterocycles. The molecular formula is C19H21NO5S. The summed E-state index contributed by atoms with van der Waals surface area (Å²) in [5, 5.41) is 0. The van der Waals surface area contributed by atoms with Crippen molar-refractivity contribution in [3.63, 3.8) is 0 Å². The van der Waals surface area contributed by atoms with Crippen LogP contribution in [0.3, 0.4) is 0 Å². The Balaban J connectivity index is 1.70. The summed E-state index contributed by atoms with van der Waals surface area (Å²) < 4.78 is 35.5. The molecule has 0 N–H and O–H groups in total. The van der Waals surface area contributed by atoms with Crippen molar-refractivity contribution in [3.05, 3.63) is 48.0 Å². The molecule has 0 radical (unpaired) electrons. The third-order valence-corrected chi connectivity index (χ3v) is 5.98. The lowest BCUT2D eigenvalue weighted by Gasteiger charge is -2.21. The number of fused-ring (bicyclic) bond motifs is 1. The van der Waals surface area contributed by atoms with Crippen LogP contribution < -0.4 is 14.4 Å². The lowest BCUT2D eigenvalue weighted by molar-refractivity contribution is -0.118. The topological polar surface area (TPSA) is 72.9 Å². The second-order valence-electron chi connectivity index (χ2n) is 6.06. The second-order valence-corrected chi connectivity index (χ2v) is 8.17. The van der Waals surface area contributed by atoms with Gasteiger partial charge in [-0.2, -0.15) is 0 Å². The molecule has 138 valence electrons. The van der Waals surface area contributed by atoms with Gasteiger partial charge in [-0.25, -0.2) is 8.42 Å². The molecule has 26 heavy (non-hydrogen) atoms. The van der Waals surface area contributed by atoms with Gasteiger partial charge in [-0.15, -0.1) is 0 Å². The fraction of sp³-hybridized carbons (Fsp3) is 0.316. The van der Waals surface area contributed by atoms with Gasteiger partial charge in [-0.05, 0) is 38.1 Å². The Morgan fingerprint density at radius 3 is 2.46 bits per heavy atom. The summed E-state index contributed by atoms with van der Waals surface area (Å²) in [4.78, 5) is 14.4. The van der Waals surface area contributed by atoms with Gasteiger partial charge in [0.2, 0.25) is 12.7 Å². The number of aryl methyl sites for hydroxylation is 1. The summed E-state index contributed by atoms with van der Waals surface area (Å²) in [7, 11) is -3.50. The summed E-state index contributed by atoms with van der Waals surface area (Å²) in [6, 6.07) is 11.9. The van der Waals surface area contributed by atoms with Crippen molar-refractivity contribution in [1.29, 1.82) is 0 Å². The number of ether oxygens (including phenoxy) is 2. The minimum atomic E-state index is -3.50. The monoisotopic (exact) mass is 375 g/mol. The first kappa shape index (κ1) is 18.3. The maximum absolute atomic E-state index is 12.6. The molecule has 1 aliphatic heterocycles. The Hall–Kier alpha value is -2.54. The van der Waals surface area contributed by atoms with Crippen molar-refractivity contribution in [1.82, 2.24) is 0 Å². The Morgan fingerprint density at radius 1 is 1.08 bits per heavy atom.